The van der Waals surface area contributed by atoms with Crippen LogP contribution in [-0.4, -0.2) is 60.6 Å². The fourth-order valence-electron chi connectivity index (χ4n) is 3.31. The number of aromatic nitrogens is 1. The van der Waals surface area contributed by atoms with Crippen LogP contribution in [0.1, 0.15) is 23.2 Å². The van der Waals surface area contributed by atoms with E-state index >= 15 is 0 Å². The van der Waals surface area contributed by atoms with Crippen LogP contribution in [0.3, 0.4) is 0 Å². The SMILES string of the molecule is O=C(Nc1cc(C(=O)N2CCN(S(=O)(=O)c3ccccc3Cl)CC2)ccn1)C1CC1. The van der Waals surface area contributed by atoms with Crippen molar-refractivity contribution in [1.29, 1.82) is 0 Å². The van der Waals surface area contributed by atoms with Gasteiger partial charge in [-0.2, -0.15) is 4.31 Å². The summed E-state index contributed by atoms with van der Waals surface area (Å²) in [6, 6.07) is 9.45. The second kappa shape index (κ2) is 8.33. The zero-order valence-electron chi connectivity index (χ0n) is 16.1. The molecule has 158 valence electrons. The monoisotopic (exact) mass is 448 g/mol. The third-order valence-electron chi connectivity index (χ3n) is 5.19. The first kappa shape index (κ1) is 20.8. The summed E-state index contributed by atoms with van der Waals surface area (Å²) in [6.45, 7) is 0.870. The third-order valence-corrected chi connectivity index (χ3v) is 7.59. The van der Waals surface area contributed by atoms with Crippen LogP contribution in [0.4, 0.5) is 5.82 Å². The summed E-state index contributed by atoms with van der Waals surface area (Å²) in [5.74, 6) is 0.0802. The van der Waals surface area contributed by atoms with E-state index in [1.807, 2.05) is 0 Å². The molecule has 0 unspecified atom stereocenters. The van der Waals surface area contributed by atoms with Gasteiger partial charge in [-0.15, -0.1) is 0 Å². The van der Waals surface area contributed by atoms with Gasteiger partial charge in [-0.3, -0.25) is 9.59 Å². The molecular weight excluding hydrogens is 428 g/mol. The summed E-state index contributed by atoms with van der Waals surface area (Å²) < 4.78 is 27.0. The zero-order valence-corrected chi connectivity index (χ0v) is 17.7. The molecule has 1 aliphatic carbocycles. The van der Waals surface area contributed by atoms with E-state index < -0.39 is 10.0 Å². The Labute approximate surface area is 179 Å². The summed E-state index contributed by atoms with van der Waals surface area (Å²) in [4.78, 5) is 30.5. The molecule has 0 spiro atoms. The van der Waals surface area contributed by atoms with Gasteiger partial charge in [-0.25, -0.2) is 13.4 Å². The zero-order chi connectivity index (χ0) is 21.3. The van der Waals surface area contributed by atoms with E-state index in [0.29, 0.717) is 11.4 Å². The minimum atomic E-state index is -3.72. The minimum Gasteiger partial charge on any atom is -0.336 e. The number of hydrogen-bond acceptors (Lipinski definition) is 5. The maximum absolute atomic E-state index is 12.9. The number of nitrogens with zero attached hydrogens (tertiary/aromatic N) is 3. The lowest BCUT2D eigenvalue weighted by Crippen LogP contribution is -2.50. The van der Waals surface area contributed by atoms with Gasteiger partial charge < -0.3 is 10.2 Å². The molecule has 8 nitrogen and oxygen atoms in total. The van der Waals surface area contributed by atoms with Crippen molar-refractivity contribution >= 4 is 39.3 Å². The number of anilines is 1. The Bertz CT molecular complexity index is 1080. The number of nitrogens with one attached hydrogen (secondary N) is 1. The molecule has 2 fully saturated rings. The second-order valence-corrected chi connectivity index (χ2v) is 9.63. The molecule has 2 aliphatic rings. The van der Waals surface area contributed by atoms with Gasteiger partial charge in [0.15, 0.2) is 0 Å². The molecule has 1 aliphatic heterocycles. The van der Waals surface area contributed by atoms with Gasteiger partial charge in [0.25, 0.3) is 5.91 Å². The van der Waals surface area contributed by atoms with Crippen molar-refractivity contribution in [1.82, 2.24) is 14.2 Å². The first-order valence-electron chi connectivity index (χ1n) is 9.67. The lowest BCUT2D eigenvalue weighted by molar-refractivity contribution is -0.117. The molecule has 4 rings (SSSR count). The highest BCUT2D eigenvalue weighted by Gasteiger charge is 2.32. The topological polar surface area (TPSA) is 99.7 Å². The largest absolute Gasteiger partial charge is 0.336 e. The Kier molecular flexibility index (Phi) is 5.77. The standard InChI is InChI=1S/C20H21ClN4O4S/c21-16-3-1-2-4-17(16)30(28,29)25-11-9-24(10-12-25)20(27)15-7-8-22-18(13-15)23-19(26)14-5-6-14/h1-4,7-8,13-14H,5-6,9-12H2,(H,22,23,26). The molecule has 30 heavy (non-hydrogen) atoms. The minimum absolute atomic E-state index is 0.0410. The molecule has 1 N–H and O–H groups in total. The highest BCUT2D eigenvalue weighted by molar-refractivity contribution is 7.89. The van der Waals surface area contributed by atoms with Crippen molar-refractivity contribution in [2.45, 2.75) is 17.7 Å². The van der Waals surface area contributed by atoms with E-state index in [4.69, 9.17) is 11.6 Å². The van der Waals surface area contributed by atoms with Crippen molar-refractivity contribution < 1.29 is 18.0 Å². The highest BCUT2D eigenvalue weighted by Crippen LogP contribution is 2.30. The van der Waals surface area contributed by atoms with E-state index in [1.165, 1.54) is 22.6 Å². The first-order chi connectivity index (χ1) is 14.4. The van der Waals surface area contributed by atoms with Crippen LogP contribution >= 0.6 is 11.6 Å². The van der Waals surface area contributed by atoms with Crippen LogP contribution in [0.2, 0.25) is 5.02 Å². The average Bonchev–Trinajstić information content (AvgIpc) is 3.59. The number of pyridine rings is 1. The molecule has 0 bridgehead atoms. The average molecular weight is 449 g/mol. The fraction of sp³-hybridized carbons (Fsp3) is 0.350. The Morgan fingerprint density at radius 3 is 2.43 bits per heavy atom. The number of sulfonamides is 1. The lowest BCUT2D eigenvalue weighted by atomic mass is 10.2. The van der Waals surface area contributed by atoms with E-state index in [0.717, 1.165) is 12.8 Å². The number of carbonyl (C=O) groups excluding carboxylic acids is 2. The van der Waals surface area contributed by atoms with Crippen molar-refractivity contribution in [2.24, 2.45) is 5.92 Å². The van der Waals surface area contributed by atoms with Crippen LogP contribution in [0, 0.1) is 5.92 Å². The van der Waals surface area contributed by atoms with Gasteiger partial charge in [0, 0.05) is 43.9 Å². The van der Waals surface area contributed by atoms with Crippen molar-refractivity contribution in [2.75, 3.05) is 31.5 Å². The van der Waals surface area contributed by atoms with Crippen LogP contribution in [0.25, 0.3) is 0 Å². The highest BCUT2D eigenvalue weighted by atomic mass is 35.5. The normalized spacial score (nSPS) is 17.6. The van der Waals surface area contributed by atoms with Crippen LogP contribution < -0.4 is 5.32 Å². The predicted octanol–water partition coefficient (Wildman–Crippen LogP) is 2.23. The smallest absolute Gasteiger partial charge is 0.254 e. The van der Waals surface area contributed by atoms with Crippen molar-refractivity contribution in [3.63, 3.8) is 0 Å². The number of carbonyl (C=O) groups is 2. The van der Waals surface area contributed by atoms with Crippen LogP contribution in [-0.2, 0) is 14.8 Å². The summed E-state index contributed by atoms with van der Waals surface area (Å²) in [7, 11) is -3.72. The van der Waals surface area contributed by atoms with E-state index in [-0.39, 0.29) is 53.8 Å². The van der Waals surface area contributed by atoms with E-state index in [9.17, 15) is 18.0 Å². The maximum atomic E-state index is 12.9. The summed E-state index contributed by atoms with van der Waals surface area (Å²) >= 11 is 6.06. The van der Waals surface area contributed by atoms with Gasteiger partial charge in [0.1, 0.15) is 10.7 Å². The molecule has 2 amide bonds. The predicted molar refractivity (Wildman–Crippen MR) is 112 cm³/mol. The number of halogens is 1. The molecule has 0 atom stereocenters. The number of amides is 2. The Morgan fingerprint density at radius 1 is 1.07 bits per heavy atom. The molecule has 1 saturated heterocycles. The maximum Gasteiger partial charge on any atom is 0.254 e. The van der Waals surface area contributed by atoms with Gasteiger partial charge in [0.2, 0.25) is 15.9 Å². The number of benzene rings is 1. The van der Waals surface area contributed by atoms with Gasteiger partial charge >= 0.3 is 0 Å². The van der Waals surface area contributed by atoms with E-state index in [1.54, 1.807) is 29.2 Å². The van der Waals surface area contributed by atoms with Gasteiger partial charge in [0.05, 0.1) is 5.02 Å². The molecule has 1 aromatic heterocycles. The molecule has 10 heteroatoms. The van der Waals surface area contributed by atoms with Crippen molar-refractivity contribution in [3.8, 4) is 0 Å². The Hall–Kier alpha value is -2.49. The molecule has 0 radical (unpaired) electrons. The van der Waals surface area contributed by atoms with Crippen LogP contribution in [0.5, 0.6) is 0 Å². The van der Waals surface area contributed by atoms with Crippen molar-refractivity contribution in [3.05, 3.63) is 53.2 Å². The molecular formula is C20H21ClN4O4S. The summed E-state index contributed by atoms with van der Waals surface area (Å²) in [5.41, 5.74) is 0.401. The number of rotatable bonds is 5. The third kappa shape index (κ3) is 4.33. The van der Waals surface area contributed by atoms with Gasteiger partial charge in [-0.05, 0) is 37.1 Å². The molecule has 1 saturated carbocycles. The lowest BCUT2D eigenvalue weighted by Gasteiger charge is -2.34. The second-order valence-electron chi connectivity index (χ2n) is 7.32. The van der Waals surface area contributed by atoms with Crippen LogP contribution in [0.15, 0.2) is 47.5 Å². The van der Waals surface area contributed by atoms with E-state index in [2.05, 4.69) is 10.3 Å². The first-order valence-corrected chi connectivity index (χ1v) is 11.5. The quantitative estimate of drug-likeness (QED) is 0.756. The molecule has 2 heterocycles. The van der Waals surface area contributed by atoms with Gasteiger partial charge in [-0.1, -0.05) is 23.7 Å². The molecule has 1 aromatic carbocycles. The molecule has 2 aromatic rings. The number of hydrogen-bond donors (Lipinski definition) is 1. The number of piperazine rings is 1. The summed E-state index contributed by atoms with van der Waals surface area (Å²) in [6.07, 6.45) is 3.24. The Balaban J connectivity index is 1.41. The summed E-state index contributed by atoms with van der Waals surface area (Å²) in [5, 5.41) is 2.91. The Morgan fingerprint density at radius 2 is 1.77 bits per heavy atom. The fourth-order valence-corrected chi connectivity index (χ4v) is 5.23.